The number of carbonyl (C=O) groups excluding carboxylic acids is 1. The number of anilines is 1. The van der Waals surface area contributed by atoms with Crippen molar-refractivity contribution in [3.63, 3.8) is 0 Å². The van der Waals surface area contributed by atoms with Crippen LogP contribution in [0.25, 0.3) is 20.7 Å². The highest BCUT2D eigenvalue weighted by molar-refractivity contribution is 7.22. The Labute approximate surface area is 159 Å². The first-order chi connectivity index (χ1) is 12.4. The molecule has 2 heterocycles. The normalized spacial score (nSPS) is 10.9. The van der Waals surface area contributed by atoms with Crippen molar-refractivity contribution in [3.05, 3.63) is 45.2 Å². The van der Waals surface area contributed by atoms with Crippen molar-refractivity contribution in [2.75, 3.05) is 18.4 Å². The third-order valence-corrected chi connectivity index (χ3v) is 5.37. The Morgan fingerprint density at radius 3 is 2.77 bits per heavy atom. The number of benzene rings is 1. The second-order valence-electron chi connectivity index (χ2n) is 5.99. The van der Waals surface area contributed by atoms with E-state index in [0.29, 0.717) is 34.3 Å². The summed E-state index contributed by atoms with van der Waals surface area (Å²) in [5, 5.41) is 6.48. The second kappa shape index (κ2) is 7.47. The monoisotopic (exact) mass is 390 g/mol. The number of nitrogens with one attached hydrogen (secondary N) is 2. The maximum absolute atomic E-state index is 12.7. The van der Waals surface area contributed by atoms with Crippen LogP contribution in [0.15, 0.2) is 29.1 Å². The number of thiophene rings is 1. The van der Waals surface area contributed by atoms with E-state index in [1.165, 1.54) is 22.8 Å². The van der Waals surface area contributed by atoms with Crippen LogP contribution in [-0.4, -0.2) is 28.5 Å². The van der Waals surface area contributed by atoms with Gasteiger partial charge in [-0.3, -0.25) is 14.2 Å². The van der Waals surface area contributed by atoms with Crippen LogP contribution in [0.3, 0.4) is 0 Å². The molecular weight excluding hydrogens is 372 g/mol. The molecule has 0 unspecified atom stereocenters. The van der Waals surface area contributed by atoms with Crippen LogP contribution in [0, 0.1) is 6.92 Å². The molecule has 1 amide bonds. The van der Waals surface area contributed by atoms with E-state index in [4.69, 9.17) is 11.6 Å². The molecule has 26 heavy (non-hydrogen) atoms. The lowest BCUT2D eigenvalue weighted by Crippen LogP contribution is -2.28. The molecular formula is C18H19ClN4O2S. The summed E-state index contributed by atoms with van der Waals surface area (Å²) < 4.78 is 2.11. The molecule has 0 bridgehead atoms. The third-order valence-electron chi connectivity index (χ3n) is 3.99. The summed E-state index contributed by atoms with van der Waals surface area (Å²) in [5.41, 5.74) is 2.65. The van der Waals surface area contributed by atoms with Gasteiger partial charge < -0.3 is 10.6 Å². The van der Waals surface area contributed by atoms with Crippen molar-refractivity contribution in [1.29, 1.82) is 0 Å². The zero-order chi connectivity index (χ0) is 18.8. The maximum atomic E-state index is 12.7. The van der Waals surface area contributed by atoms with Crippen LogP contribution < -0.4 is 16.2 Å². The summed E-state index contributed by atoms with van der Waals surface area (Å²) in [6.45, 7) is 4.40. The van der Waals surface area contributed by atoms with Gasteiger partial charge in [0.25, 0.3) is 5.56 Å². The van der Waals surface area contributed by atoms with Gasteiger partial charge in [0.15, 0.2) is 0 Å². The van der Waals surface area contributed by atoms with E-state index in [9.17, 15) is 9.59 Å². The first-order valence-corrected chi connectivity index (χ1v) is 9.31. The van der Waals surface area contributed by atoms with Gasteiger partial charge in [-0.15, -0.1) is 11.3 Å². The molecule has 0 saturated heterocycles. The Balaban J connectivity index is 1.95. The summed E-state index contributed by atoms with van der Waals surface area (Å²) >= 11 is 7.46. The van der Waals surface area contributed by atoms with Crippen LogP contribution in [-0.2, 0) is 11.8 Å². The molecule has 136 valence electrons. The Morgan fingerprint density at radius 1 is 1.31 bits per heavy atom. The Hall–Kier alpha value is -2.38. The van der Waals surface area contributed by atoms with Crippen LogP contribution in [0.1, 0.15) is 12.5 Å². The topological polar surface area (TPSA) is 76.0 Å². The summed E-state index contributed by atoms with van der Waals surface area (Å²) in [6, 6.07) is 7.63. The number of halogens is 1. The molecule has 3 aromatic rings. The molecule has 6 nitrogen and oxygen atoms in total. The quantitative estimate of drug-likeness (QED) is 0.656. The van der Waals surface area contributed by atoms with Gasteiger partial charge in [0.1, 0.15) is 4.70 Å². The number of aryl methyl sites for hydroxylation is 1. The lowest BCUT2D eigenvalue weighted by atomic mass is 10.1. The standard InChI is InChI=1S/C18H19ClN4O2S/c1-10-8-12(19)4-5-13(10)15-9-14-16(26-15)17(25)23(3)18(22-14)21-7-6-20-11(2)24/h4-5,8-9H,6-7H2,1-3H3,(H,20,24)(H,21,22). The van der Waals surface area contributed by atoms with Crippen LogP contribution in [0.5, 0.6) is 0 Å². The molecule has 2 aromatic heterocycles. The summed E-state index contributed by atoms with van der Waals surface area (Å²) in [6.07, 6.45) is 0. The average molecular weight is 391 g/mol. The number of amides is 1. The molecule has 0 fully saturated rings. The van der Waals surface area contributed by atoms with Crippen molar-refractivity contribution >= 4 is 45.0 Å². The van der Waals surface area contributed by atoms with Crippen molar-refractivity contribution < 1.29 is 4.79 Å². The molecule has 0 spiro atoms. The number of aromatic nitrogens is 2. The SMILES string of the molecule is CC(=O)NCCNc1nc2cc(-c3ccc(Cl)cc3C)sc2c(=O)n1C. The number of fused-ring (bicyclic) bond motifs is 1. The molecule has 2 N–H and O–H groups in total. The lowest BCUT2D eigenvalue weighted by Gasteiger charge is -2.09. The molecule has 0 aliphatic rings. The fourth-order valence-corrected chi connectivity index (χ4v) is 4.05. The van der Waals surface area contributed by atoms with E-state index in [0.717, 1.165) is 16.0 Å². The molecule has 0 saturated carbocycles. The van der Waals surface area contributed by atoms with Crippen LogP contribution in [0.2, 0.25) is 5.02 Å². The Bertz CT molecular complexity index is 1040. The molecule has 0 aliphatic carbocycles. The second-order valence-corrected chi connectivity index (χ2v) is 7.48. The minimum atomic E-state index is -0.0973. The highest BCUT2D eigenvalue weighted by Crippen LogP contribution is 2.34. The van der Waals surface area contributed by atoms with Crippen molar-refractivity contribution in [2.24, 2.45) is 7.05 Å². The van der Waals surface area contributed by atoms with E-state index < -0.39 is 0 Å². The van der Waals surface area contributed by atoms with Crippen molar-refractivity contribution in [1.82, 2.24) is 14.9 Å². The molecule has 8 heteroatoms. The van der Waals surface area contributed by atoms with E-state index in [-0.39, 0.29) is 11.5 Å². The van der Waals surface area contributed by atoms with E-state index in [1.807, 2.05) is 31.2 Å². The van der Waals surface area contributed by atoms with Crippen LogP contribution in [0.4, 0.5) is 5.95 Å². The molecule has 0 aliphatic heterocycles. The highest BCUT2D eigenvalue weighted by Gasteiger charge is 2.14. The van der Waals surface area contributed by atoms with Gasteiger partial charge in [0.05, 0.1) is 5.52 Å². The van der Waals surface area contributed by atoms with Gasteiger partial charge in [-0.1, -0.05) is 17.7 Å². The summed E-state index contributed by atoms with van der Waals surface area (Å²) in [7, 11) is 1.68. The van der Waals surface area contributed by atoms with Gasteiger partial charge >= 0.3 is 0 Å². The van der Waals surface area contributed by atoms with Gasteiger partial charge in [-0.2, -0.15) is 0 Å². The largest absolute Gasteiger partial charge is 0.355 e. The summed E-state index contributed by atoms with van der Waals surface area (Å²) in [5.74, 6) is 0.384. The first kappa shape index (κ1) is 18.4. The van der Waals surface area contributed by atoms with E-state index in [1.54, 1.807) is 7.05 Å². The zero-order valence-corrected chi connectivity index (χ0v) is 16.3. The number of nitrogens with zero attached hydrogens (tertiary/aromatic N) is 2. The zero-order valence-electron chi connectivity index (χ0n) is 14.7. The average Bonchev–Trinajstić information content (AvgIpc) is 2.99. The van der Waals surface area contributed by atoms with Gasteiger partial charge in [0.2, 0.25) is 11.9 Å². The molecule has 3 rings (SSSR count). The summed E-state index contributed by atoms with van der Waals surface area (Å²) in [4.78, 5) is 29.1. The minimum Gasteiger partial charge on any atom is -0.355 e. The number of carbonyl (C=O) groups is 1. The minimum absolute atomic E-state index is 0.0927. The van der Waals surface area contributed by atoms with Gasteiger partial charge in [0, 0.05) is 37.0 Å². The molecule has 1 aromatic carbocycles. The molecule has 0 radical (unpaired) electrons. The molecule has 0 atom stereocenters. The fraction of sp³-hybridized carbons (Fsp3) is 0.278. The fourth-order valence-electron chi connectivity index (χ4n) is 2.66. The predicted octanol–water partition coefficient (Wildman–Crippen LogP) is 3.17. The number of hydrogen-bond donors (Lipinski definition) is 2. The van der Waals surface area contributed by atoms with Gasteiger partial charge in [-0.05, 0) is 36.2 Å². The van der Waals surface area contributed by atoms with Crippen LogP contribution >= 0.6 is 22.9 Å². The smallest absolute Gasteiger partial charge is 0.272 e. The predicted molar refractivity (Wildman–Crippen MR) is 107 cm³/mol. The number of hydrogen-bond acceptors (Lipinski definition) is 5. The van der Waals surface area contributed by atoms with Crippen molar-refractivity contribution in [3.8, 4) is 10.4 Å². The lowest BCUT2D eigenvalue weighted by molar-refractivity contribution is -0.118. The van der Waals surface area contributed by atoms with E-state index in [2.05, 4.69) is 15.6 Å². The number of rotatable bonds is 5. The third kappa shape index (κ3) is 3.73. The Kier molecular flexibility index (Phi) is 5.29. The van der Waals surface area contributed by atoms with Gasteiger partial charge in [-0.25, -0.2) is 4.98 Å². The Morgan fingerprint density at radius 2 is 2.08 bits per heavy atom. The van der Waals surface area contributed by atoms with Crippen molar-refractivity contribution in [2.45, 2.75) is 13.8 Å². The maximum Gasteiger partial charge on any atom is 0.272 e. The van der Waals surface area contributed by atoms with E-state index >= 15 is 0 Å². The highest BCUT2D eigenvalue weighted by atomic mass is 35.5. The first-order valence-electron chi connectivity index (χ1n) is 8.12.